The Morgan fingerprint density at radius 2 is 2.00 bits per heavy atom. The summed E-state index contributed by atoms with van der Waals surface area (Å²) in [5, 5.41) is 5.96. The molecular weight excluding hydrogens is 192 g/mol. The third-order valence-electron chi connectivity index (χ3n) is 1.65. The van der Waals surface area contributed by atoms with E-state index in [1.54, 1.807) is 0 Å². The van der Waals surface area contributed by atoms with Gasteiger partial charge in [-0.3, -0.25) is 4.79 Å². The molecule has 0 spiro atoms. The Morgan fingerprint density at radius 1 is 1.33 bits per heavy atom. The minimum absolute atomic E-state index is 0.0407. The molecule has 15 heavy (non-hydrogen) atoms. The maximum Gasteiger partial charge on any atom is 0.234 e. The third kappa shape index (κ3) is 11.3. The molecule has 4 nitrogen and oxygen atoms in total. The van der Waals surface area contributed by atoms with Crippen LogP contribution in [0.3, 0.4) is 0 Å². The maximum atomic E-state index is 11.3. The monoisotopic (exact) mass is 216 g/mol. The fourth-order valence-corrected chi connectivity index (χ4v) is 1.11. The molecule has 4 heteroatoms. The molecule has 1 amide bonds. The highest BCUT2D eigenvalue weighted by Crippen LogP contribution is 1.96. The molecule has 0 heterocycles. The summed E-state index contributed by atoms with van der Waals surface area (Å²) >= 11 is 0. The van der Waals surface area contributed by atoms with Gasteiger partial charge >= 0.3 is 0 Å². The highest BCUT2D eigenvalue weighted by Gasteiger charge is 2.12. The summed E-state index contributed by atoms with van der Waals surface area (Å²) in [7, 11) is 0. The Balaban J connectivity index is 3.32. The summed E-state index contributed by atoms with van der Waals surface area (Å²) in [6.45, 7) is 10.6. The second-order valence-corrected chi connectivity index (χ2v) is 4.53. The summed E-state index contributed by atoms with van der Waals surface area (Å²) in [6.07, 6.45) is 0.941. The summed E-state index contributed by atoms with van der Waals surface area (Å²) in [5.74, 6) is 0.0407. The number of amides is 1. The molecule has 0 saturated carbocycles. The first-order valence-electron chi connectivity index (χ1n) is 5.55. The van der Waals surface area contributed by atoms with Crippen molar-refractivity contribution in [1.82, 2.24) is 10.6 Å². The van der Waals surface area contributed by atoms with E-state index in [-0.39, 0.29) is 11.4 Å². The smallest absolute Gasteiger partial charge is 0.234 e. The molecule has 0 aromatic carbocycles. The summed E-state index contributed by atoms with van der Waals surface area (Å²) in [6, 6.07) is 0. The van der Waals surface area contributed by atoms with E-state index in [1.807, 2.05) is 27.7 Å². The van der Waals surface area contributed by atoms with Gasteiger partial charge in [-0.05, 0) is 40.7 Å². The van der Waals surface area contributed by atoms with E-state index in [4.69, 9.17) is 4.74 Å². The first-order chi connectivity index (χ1) is 6.95. The van der Waals surface area contributed by atoms with Gasteiger partial charge in [0.2, 0.25) is 5.91 Å². The number of carbonyl (C=O) groups excluding carboxylic acids is 1. The summed E-state index contributed by atoms with van der Waals surface area (Å²) in [4.78, 5) is 11.3. The van der Waals surface area contributed by atoms with E-state index in [2.05, 4.69) is 10.6 Å². The number of hydrogen-bond donors (Lipinski definition) is 2. The number of hydrogen-bond acceptors (Lipinski definition) is 3. The van der Waals surface area contributed by atoms with Gasteiger partial charge in [0.25, 0.3) is 0 Å². The lowest BCUT2D eigenvalue weighted by Gasteiger charge is -2.20. The Hall–Kier alpha value is -0.610. The van der Waals surface area contributed by atoms with Gasteiger partial charge in [-0.15, -0.1) is 0 Å². The molecular formula is C11H24N2O2. The van der Waals surface area contributed by atoms with Crippen LogP contribution in [-0.2, 0) is 9.53 Å². The van der Waals surface area contributed by atoms with Gasteiger partial charge in [0.05, 0.1) is 6.54 Å². The molecule has 0 aliphatic rings. The van der Waals surface area contributed by atoms with Gasteiger partial charge in [0.1, 0.15) is 0 Å². The van der Waals surface area contributed by atoms with Crippen LogP contribution in [0, 0.1) is 0 Å². The molecule has 0 aromatic rings. The van der Waals surface area contributed by atoms with Crippen molar-refractivity contribution >= 4 is 5.91 Å². The van der Waals surface area contributed by atoms with E-state index in [0.717, 1.165) is 26.2 Å². The molecule has 0 rings (SSSR count). The Kier molecular flexibility index (Phi) is 7.34. The molecule has 90 valence electrons. The van der Waals surface area contributed by atoms with E-state index in [0.29, 0.717) is 6.54 Å². The highest BCUT2D eigenvalue weighted by atomic mass is 16.5. The Morgan fingerprint density at radius 3 is 2.53 bits per heavy atom. The van der Waals surface area contributed by atoms with Crippen molar-refractivity contribution in [2.24, 2.45) is 0 Å². The predicted molar refractivity (Wildman–Crippen MR) is 61.9 cm³/mol. The van der Waals surface area contributed by atoms with Gasteiger partial charge in [-0.2, -0.15) is 0 Å². The number of carbonyl (C=O) groups is 1. The zero-order valence-electron chi connectivity index (χ0n) is 10.4. The lowest BCUT2D eigenvalue weighted by atomic mass is 10.1. The number of rotatable bonds is 7. The molecule has 0 saturated heterocycles. The van der Waals surface area contributed by atoms with Gasteiger partial charge in [0, 0.05) is 18.8 Å². The molecule has 0 atom stereocenters. The predicted octanol–water partition coefficient (Wildman–Crippen LogP) is 0.917. The summed E-state index contributed by atoms with van der Waals surface area (Å²) in [5.41, 5.74) is -0.149. The van der Waals surface area contributed by atoms with Crippen LogP contribution < -0.4 is 10.6 Å². The largest absolute Gasteiger partial charge is 0.382 e. The van der Waals surface area contributed by atoms with Crippen molar-refractivity contribution in [2.45, 2.75) is 39.7 Å². The zero-order valence-corrected chi connectivity index (χ0v) is 10.4. The highest BCUT2D eigenvalue weighted by molar-refractivity contribution is 5.78. The lowest BCUT2D eigenvalue weighted by Crippen LogP contribution is -2.45. The van der Waals surface area contributed by atoms with Gasteiger partial charge < -0.3 is 15.4 Å². The van der Waals surface area contributed by atoms with E-state index < -0.39 is 0 Å². The SMILES string of the molecule is CCOCCCNCC(=O)NC(C)(C)C. The van der Waals surface area contributed by atoms with Gasteiger partial charge in [-0.1, -0.05) is 0 Å². The molecule has 0 aliphatic carbocycles. The average molecular weight is 216 g/mol. The Bertz CT molecular complexity index is 176. The number of ether oxygens (including phenoxy) is 1. The van der Waals surface area contributed by atoms with Gasteiger partial charge in [0.15, 0.2) is 0 Å². The quantitative estimate of drug-likeness (QED) is 0.622. The minimum atomic E-state index is -0.149. The molecule has 2 N–H and O–H groups in total. The van der Waals surface area contributed by atoms with Crippen LogP contribution in [0.5, 0.6) is 0 Å². The van der Waals surface area contributed by atoms with Crippen molar-refractivity contribution in [2.75, 3.05) is 26.3 Å². The fourth-order valence-electron chi connectivity index (χ4n) is 1.11. The topological polar surface area (TPSA) is 50.4 Å². The second kappa shape index (κ2) is 7.65. The van der Waals surface area contributed by atoms with Crippen LogP contribution in [0.25, 0.3) is 0 Å². The molecule has 0 unspecified atom stereocenters. The first-order valence-corrected chi connectivity index (χ1v) is 5.55. The Labute approximate surface area is 92.8 Å². The van der Waals surface area contributed by atoms with Crippen LogP contribution in [0.2, 0.25) is 0 Å². The zero-order chi connectivity index (χ0) is 11.7. The normalized spacial score (nSPS) is 11.5. The van der Waals surface area contributed by atoms with Crippen molar-refractivity contribution < 1.29 is 9.53 Å². The second-order valence-electron chi connectivity index (χ2n) is 4.53. The summed E-state index contributed by atoms with van der Waals surface area (Å²) < 4.78 is 5.18. The van der Waals surface area contributed by atoms with Crippen molar-refractivity contribution in [1.29, 1.82) is 0 Å². The average Bonchev–Trinajstić information content (AvgIpc) is 2.08. The molecule has 0 aromatic heterocycles. The molecule has 0 bridgehead atoms. The lowest BCUT2D eigenvalue weighted by molar-refractivity contribution is -0.121. The maximum absolute atomic E-state index is 11.3. The van der Waals surface area contributed by atoms with Crippen LogP contribution in [0.4, 0.5) is 0 Å². The van der Waals surface area contributed by atoms with E-state index in [1.165, 1.54) is 0 Å². The molecule has 0 radical (unpaired) electrons. The number of nitrogens with one attached hydrogen (secondary N) is 2. The minimum Gasteiger partial charge on any atom is -0.382 e. The first kappa shape index (κ1) is 14.4. The molecule has 0 fully saturated rings. The fraction of sp³-hybridized carbons (Fsp3) is 0.909. The van der Waals surface area contributed by atoms with Crippen LogP contribution in [-0.4, -0.2) is 37.7 Å². The standard InChI is InChI=1S/C11H24N2O2/c1-5-15-8-6-7-12-9-10(14)13-11(2,3)4/h12H,5-9H2,1-4H3,(H,13,14). The van der Waals surface area contributed by atoms with E-state index in [9.17, 15) is 4.79 Å². The third-order valence-corrected chi connectivity index (χ3v) is 1.65. The molecule has 0 aliphatic heterocycles. The van der Waals surface area contributed by atoms with Gasteiger partial charge in [-0.25, -0.2) is 0 Å². The van der Waals surface area contributed by atoms with E-state index >= 15 is 0 Å². The van der Waals surface area contributed by atoms with Crippen molar-refractivity contribution in [3.8, 4) is 0 Å². The van der Waals surface area contributed by atoms with Crippen LogP contribution in [0.15, 0.2) is 0 Å². The van der Waals surface area contributed by atoms with Crippen molar-refractivity contribution in [3.05, 3.63) is 0 Å². The van der Waals surface area contributed by atoms with Crippen molar-refractivity contribution in [3.63, 3.8) is 0 Å². The van der Waals surface area contributed by atoms with Crippen LogP contribution in [0.1, 0.15) is 34.1 Å². The van der Waals surface area contributed by atoms with Crippen LogP contribution >= 0.6 is 0 Å².